The van der Waals surface area contributed by atoms with Crippen LogP contribution in [0.5, 0.6) is 0 Å². The predicted octanol–water partition coefficient (Wildman–Crippen LogP) is 0.435. The number of hydrogen-bond donors (Lipinski definition) is 1. The van der Waals surface area contributed by atoms with Crippen molar-refractivity contribution in [2.75, 3.05) is 0 Å². The van der Waals surface area contributed by atoms with E-state index in [1.54, 1.807) is 18.2 Å². The average molecular weight is 252 g/mol. The highest BCUT2D eigenvalue weighted by Crippen LogP contribution is 2.06. The topological polar surface area (TPSA) is 100 Å². The predicted molar refractivity (Wildman–Crippen MR) is 66.2 cm³/mol. The number of nitrogens with zero attached hydrogens (tertiary/aromatic N) is 5. The van der Waals surface area contributed by atoms with Gasteiger partial charge in [-0.3, -0.25) is 4.79 Å². The first kappa shape index (κ1) is 11.1. The van der Waals surface area contributed by atoms with E-state index in [-0.39, 0.29) is 17.9 Å². The van der Waals surface area contributed by atoms with E-state index in [0.29, 0.717) is 16.7 Å². The molecule has 0 aliphatic heterocycles. The van der Waals surface area contributed by atoms with Gasteiger partial charge in [0.15, 0.2) is 0 Å². The molecular weight excluding hydrogens is 244 g/mol. The van der Waals surface area contributed by atoms with Gasteiger partial charge in [0.1, 0.15) is 24.8 Å². The lowest BCUT2D eigenvalue weighted by molar-refractivity contribution is 0.652. The van der Waals surface area contributed by atoms with Crippen LogP contribution in [0, 0.1) is 11.3 Å². The molecule has 3 aromatic rings. The maximum Gasteiger partial charge on any atom is 0.258 e. The van der Waals surface area contributed by atoms with Gasteiger partial charge in [0.25, 0.3) is 11.4 Å². The fraction of sp³-hybridized carbons (Fsp3) is 0.0833. The number of fused-ring (bicyclic) bond motifs is 1. The minimum absolute atomic E-state index is 0.0862. The van der Waals surface area contributed by atoms with Crippen LogP contribution in [0.25, 0.3) is 10.9 Å². The Labute approximate surface area is 107 Å². The molecule has 0 bridgehead atoms. The molecule has 19 heavy (non-hydrogen) atoms. The van der Waals surface area contributed by atoms with E-state index < -0.39 is 0 Å². The molecule has 7 nitrogen and oxygen atoms in total. The van der Waals surface area contributed by atoms with Crippen LogP contribution in [0.4, 0.5) is 0 Å². The smallest absolute Gasteiger partial charge is 0.258 e. The zero-order valence-corrected chi connectivity index (χ0v) is 9.74. The van der Waals surface area contributed by atoms with Gasteiger partial charge in [-0.25, -0.2) is 14.6 Å². The summed E-state index contributed by atoms with van der Waals surface area (Å²) in [5.74, 6) is 0.557. The third kappa shape index (κ3) is 2.07. The lowest BCUT2D eigenvalue weighted by atomic mass is 10.2. The van der Waals surface area contributed by atoms with Crippen molar-refractivity contribution in [1.82, 2.24) is 24.7 Å². The molecular formula is C12H8N6O. The van der Waals surface area contributed by atoms with Gasteiger partial charge < -0.3 is 4.98 Å². The van der Waals surface area contributed by atoms with Crippen LogP contribution < -0.4 is 5.56 Å². The first-order valence-corrected chi connectivity index (χ1v) is 5.54. The monoisotopic (exact) mass is 252 g/mol. The van der Waals surface area contributed by atoms with Crippen LogP contribution >= 0.6 is 0 Å². The first-order valence-electron chi connectivity index (χ1n) is 5.54. The summed E-state index contributed by atoms with van der Waals surface area (Å²) >= 11 is 0. The largest absolute Gasteiger partial charge is 0.308 e. The molecule has 0 radical (unpaired) electrons. The van der Waals surface area contributed by atoms with Crippen molar-refractivity contribution in [3.05, 3.63) is 52.6 Å². The quantitative estimate of drug-likeness (QED) is 0.713. The Morgan fingerprint density at radius 1 is 1.37 bits per heavy atom. The Kier molecular flexibility index (Phi) is 2.54. The van der Waals surface area contributed by atoms with E-state index in [1.165, 1.54) is 11.0 Å². The van der Waals surface area contributed by atoms with Crippen molar-refractivity contribution >= 4 is 10.9 Å². The normalized spacial score (nSPS) is 10.5. The summed E-state index contributed by atoms with van der Waals surface area (Å²) in [5.41, 5.74) is 0.433. The van der Waals surface area contributed by atoms with E-state index in [2.05, 4.69) is 20.1 Å². The van der Waals surface area contributed by atoms with Crippen LogP contribution in [0.1, 0.15) is 11.6 Å². The van der Waals surface area contributed by atoms with Crippen molar-refractivity contribution in [2.45, 2.75) is 6.54 Å². The molecule has 0 aliphatic carbocycles. The fourth-order valence-corrected chi connectivity index (χ4v) is 1.79. The van der Waals surface area contributed by atoms with Crippen LogP contribution in [0.3, 0.4) is 0 Å². The van der Waals surface area contributed by atoms with E-state index in [0.717, 1.165) is 0 Å². The van der Waals surface area contributed by atoms with Crippen LogP contribution in [-0.4, -0.2) is 24.7 Å². The number of para-hydroxylation sites is 1. The molecule has 0 amide bonds. The zero-order chi connectivity index (χ0) is 13.2. The van der Waals surface area contributed by atoms with Crippen molar-refractivity contribution in [1.29, 1.82) is 5.26 Å². The molecule has 0 saturated heterocycles. The minimum Gasteiger partial charge on any atom is -0.308 e. The minimum atomic E-state index is -0.193. The molecule has 2 heterocycles. The summed E-state index contributed by atoms with van der Waals surface area (Å²) in [4.78, 5) is 22.7. The number of aromatic nitrogens is 5. The third-order valence-electron chi connectivity index (χ3n) is 2.61. The molecule has 0 fully saturated rings. The molecule has 3 rings (SSSR count). The van der Waals surface area contributed by atoms with E-state index in [1.807, 2.05) is 12.1 Å². The van der Waals surface area contributed by atoms with Gasteiger partial charge in [0.2, 0.25) is 0 Å². The van der Waals surface area contributed by atoms with Crippen LogP contribution in [0.15, 0.2) is 35.4 Å². The second-order valence-corrected chi connectivity index (χ2v) is 3.91. The molecule has 0 aliphatic rings. The molecule has 7 heteroatoms. The number of rotatable bonds is 2. The number of nitriles is 1. The number of aromatic amines is 1. The fourth-order valence-electron chi connectivity index (χ4n) is 1.79. The van der Waals surface area contributed by atoms with Crippen molar-refractivity contribution in [2.24, 2.45) is 0 Å². The standard InChI is InChI=1S/C12H8N6O/c13-5-10-14-7-18(17-10)6-11-15-9-4-2-1-3-8(9)12(19)16-11/h1-4,7H,6H2,(H,15,16,19). The summed E-state index contributed by atoms with van der Waals surface area (Å²) in [6.07, 6.45) is 1.42. The second-order valence-electron chi connectivity index (χ2n) is 3.91. The summed E-state index contributed by atoms with van der Waals surface area (Å²) in [6.45, 7) is 0.259. The molecule has 1 N–H and O–H groups in total. The van der Waals surface area contributed by atoms with E-state index in [4.69, 9.17) is 5.26 Å². The van der Waals surface area contributed by atoms with Gasteiger partial charge >= 0.3 is 0 Å². The second kappa shape index (κ2) is 4.34. The highest BCUT2D eigenvalue weighted by Gasteiger charge is 2.05. The lowest BCUT2D eigenvalue weighted by Gasteiger charge is -2.02. The summed E-state index contributed by atoms with van der Waals surface area (Å²) in [6, 6.07) is 8.94. The third-order valence-corrected chi connectivity index (χ3v) is 2.61. The molecule has 92 valence electrons. The van der Waals surface area contributed by atoms with Crippen molar-refractivity contribution in [3.63, 3.8) is 0 Å². The summed E-state index contributed by atoms with van der Waals surface area (Å²) < 4.78 is 1.45. The van der Waals surface area contributed by atoms with Gasteiger partial charge in [-0.15, -0.1) is 5.10 Å². The van der Waals surface area contributed by atoms with Gasteiger partial charge in [0.05, 0.1) is 10.9 Å². The highest BCUT2D eigenvalue weighted by molar-refractivity contribution is 5.77. The van der Waals surface area contributed by atoms with E-state index >= 15 is 0 Å². The van der Waals surface area contributed by atoms with Gasteiger partial charge in [-0.2, -0.15) is 5.26 Å². The van der Waals surface area contributed by atoms with Gasteiger partial charge in [-0.1, -0.05) is 12.1 Å². The molecule has 1 aromatic carbocycles. The SMILES string of the molecule is N#Cc1ncn(Cc2nc3ccccc3c(=O)[nH]2)n1. The van der Waals surface area contributed by atoms with Crippen LogP contribution in [-0.2, 0) is 6.54 Å². The maximum atomic E-state index is 11.9. The zero-order valence-electron chi connectivity index (χ0n) is 9.74. The van der Waals surface area contributed by atoms with E-state index in [9.17, 15) is 4.79 Å². The first-order chi connectivity index (χ1) is 9.26. The Morgan fingerprint density at radius 3 is 3.00 bits per heavy atom. The van der Waals surface area contributed by atoms with Gasteiger partial charge in [-0.05, 0) is 12.1 Å². The average Bonchev–Trinajstić information content (AvgIpc) is 2.86. The summed E-state index contributed by atoms with van der Waals surface area (Å²) in [5, 5.41) is 13.1. The molecule has 0 atom stereocenters. The highest BCUT2D eigenvalue weighted by atomic mass is 16.1. The summed E-state index contributed by atoms with van der Waals surface area (Å²) in [7, 11) is 0. The molecule has 2 aromatic heterocycles. The van der Waals surface area contributed by atoms with Crippen molar-refractivity contribution in [3.8, 4) is 6.07 Å². The van der Waals surface area contributed by atoms with Crippen molar-refractivity contribution < 1.29 is 0 Å². The Balaban J connectivity index is 2.02. The number of nitrogens with one attached hydrogen (secondary N) is 1. The van der Waals surface area contributed by atoms with Crippen LogP contribution in [0.2, 0.25) is 0 Å². The molecule has 0 unspecified atom stereocenters. The lowest BCUT2D eigenvalue weighted by Crippen LogP contribution is -2.14. The molecule has 0 spiro atoms. The number of hydrogen-bond acceptors (Lipinski definition) is 5. The number of H-pyrrole nitrogens is 1. The molecule has 0 saturated carbocycles. The maximum absolute atomic E-state index is 11.9. The number of benzene rings is 1. The Bertz CT molecular complexity index is 841. The van der Waals surface area contributed by atoms with Gasteiger partial charge in [0, 0.05) is 0 Å². The Morgan fingerprint density at radius 2 is 2.21 bits per heavy atom. The Hall–Kier alpha value is -3.01.